The first-order valence-electron chi connectivity index (χ1n) is 8.76. The van der Waals surface area contributed by atoms with Crippen molar-refractivity contribution in [3.63, 3.8) is 0 Å². The molecular formula is C20H22ClNO3S. The molecule has 1 heterocycles. The molecular weight excluding hydrogens is 370 g/mol. The van der Waals surface area contributed by atoms with Crippen LogP contribution in [0.25, 0.3) is 0 Å². The molecule has 1 aliphatic rings. The zero-order valence-electron chi connectivity index (χ0n) is 14.9. The molecule has 1 N–H and O–H groups in total. The van der Waals surface area contributed by atoms with E-state index in [9.17, 15) is 9.59 Å². The molecule has 1 aromatic heterocycles. The maximum Gasteiger partial charge on any atom is 0.348 e. The fraction of sp³-hybridized carbons (Fsp3) is 0.400. The monoisotopic (exact) mass is 391 g/mol. The van der Waals surface area contributed by atoms with Crippen LogP contribution < -0.4 is 5.32 Å². The maximum absolute atomic E-state index is 12.2. The molecule has 26 heavy (non-hydrogen) atoms. The highest BCUT2D eigenvalue weighted by Gasteiger charge is 2.22. The Morgan fingerprint density at radius 2 is 2.19 bits per heavy atom. The minimum absolute atomic E-state index is 0.213. The number of ether oxygens (including phenoxy) is 1. The molecule has 4 nitrogen and oxygen atoms in total. The second kappa shape index (κ2) is 8.23. The molecule has 0 saturated heterocycles. The molecule has 2 atom stereocenters. The fourth-order valence-corrected chi connectivity index (χ4v) is 4.45. The molecule has 0 saturated carbocycles. The number of carbonyl (C=O) groups is 2. The predicted molar refractivity (Wildman–Crippen MR) is 104 cm³/mol. The molecule has 1 aromatic carbocycles. The van der Waals surface area contributed by atoms with Gasteiger partial charge in [-0.25, -0.2) is 4.79 Å². The Labute approximate surface area is 162 Å². The third kappa shape index (κ3) is 4.65. The summed E-state index contributed by atoms with van der Waals surface area (Å²) in [5, 5.41) is 3.43. The number of aryl methyl sites for hydroxylation is 1. The lowest BCUT2D eigenvalue weighted by Gasteiger charge is -2.16. The molecule has 138 valence electrons. The van der Waals surface area contributed by atoms with Crippen LogP contribution in [-0.4, -0.2) is 18.5 Å². The van der Waals surface area contributed by atoms with Gasteiger partial charge in [0, 0.05) is 9.90 Å². The van der Waals surface area contributed by atoms with Crippen LogP contribution in [0.2, 0.25) is 5.02 Å². The molecule has 1 aliphatic carbocycles. The quantitative estimate of drug-likeness (QED) is 0.760. The first-order valence-corrected chi connectivity index (χ1v) is 9.95. The number of nitrogens with one attached hydrogen (secondary N) is 1. The van der Waals surface area contributed by atoms with Gasteiger partial charge in [0.1, 0.15) is 4.88 Å². The molecule has 6 heteroatoms. The van der Waals surface area contributed by atoms with E-state index in [0.717, 1.165) is 24.8 Å². The molecule has 0 fully saturated rings. The maximum atomic E-state index is 12.2. The van der Waals surface area contributed by atoms with Gasteiger partial charge in [-0.1, -0.05) is 30.7 Å². The third-order valence-corrected chi connectivity index (χ3v) is 6.04. The fourth-order valence-electron chi connectivity index (χ4n) is 3.15. The average molecular weight is 392 g/mol. The lowest BCUT2D eigenvalue weighted by Crippen LogP contribution is -2.31. The highest BCUT2D eigenvalue weighted by Crippen LogP contribution is 2.32. The van der Waals surface area contributed by atoms with Gasteiger partial charge >= 0.3 is 5.97 Å². The van der Waals surface area contributed by atoms with Gasteiger partial charge in [-0.3, -0.25) is 4.79 Å². The minimum Gasteiger partial charge on any atom is -0.451 e. The topological polar surface area (TPSA) is 55.4 Å². The molecule has 0 aliphatic heterocycles. The van der Waals surface area contributed by atoms with Crippen molar-refractivity contribution in [3.8, 4) is 0 Å². The first kappa shape index (κ1) is 18.9. The second-order valence-electron chi connectivity index (χ2n) is 6.83. The summed E-state index contributed by atoms with van der Waals surface area (Å²) in [5.74, 6) is -0.108. The van der Waals surface area contributed by atoms with Gasteiger partial charge in [0.05, 0.1) is 6.04 Å². The molecule has 2 aromatic rings. The van der Waals surface area contributed by atoms with Crippen molar-refractivity contribution in [1.29, 1.82) is 0 Å². The van der Waals surface area contributed by atoms with E-state index in [2.05, 4.69) is 12.2 Å². The van der Waals surface area contributed by atoms with Crippen molar-refractivity contribution in [2.75, 3.05) is 6.61 Å². The Balaban J connectivity index is 1.52. The van der Waals surface area contributed by atoms with Gasteiger partial charge in [-0.2, -0.15) is 0 Å². The Morgan fingerprint density at radius 3 is 2.96 bits per heavy atom. The van der Waals surface area contributed by atoms with E-state index < -0.39 is 5.97 Å². The van der Waals surface area contributed by atoms with E-state index in [1.54, 1.807) is 12.1 Å². The van der Waals surface area contributed by atoms with Crippen LogP contribution in [0.15, 0.2) is 30.3 Å². The lowest BCUT2D eigenvalue weighted by atomic mass is 9.90. The van der Waals surface area contributed by atoms with Crippen molar-refractivity contribution >= 4 is 34.8 Å². The van der Waals surface area contributed by atoms with E-state index in [-0.39, 0.29) is 18.6 Å². The summed E-state index contributed by atoms with van der Waals surface area (Å²) in [7, 11) is 0. The normalized spacial score (nSPS) is 17.3. The number of amides is 1. The highest BCUT2D eigenvalue weighted by molar-refractivity contribution is 7.14. The summed E-state index contributed by atoms with van der Waals surface area (Å²) in [6.45, 7) is 3.80. The molecule has 0 unspecified atom stereocenters. The number of thiophene rings is 1. The number of carbonyl (C=O) groups excluding carboxylic acids is 2. The van der Waals surface area contributed by atoms with Gasteiger partial charge in [-0.15, -0.1) is 11.3 Å². The summed E-state index contributed by atoms with van der Waals surface area (Å²) in [5.41, 5.74) is 2.15. The van der Waals surface area contributed by atoms with Crippen LogP contribution in [0, 0.1) is 5.92 Å². The van der Waals surface area contributed by atoms with Crippen molar-refractivity contribution in [3.05, 3.63) is 56.2 Å². The number of hydrogen-bond acceptors (Lipinski definition) is 4. The van der Waals surface area contributed by atoms with Crippen LogP contribution in [0.1, 0.15) is 52.0 Å². The summed E-state index contributed by atoms with van der Waals surface area (Å²) >= 11 is 7.46. The largest absolute Gasteiger partial charge is 0.451 e. The van der Waals surface area contributed by atoms with E-state index >= 15 is 0 Å². The number of hydrogen-bond donors (Lipinski definition) is 1. The third-order valence-electron chi connectivity index (χ3n) is 4.59. The lowest BCUT2D eigenvalue weighted by molar-refractivity contribution is -0.124. The Bertz CT molecular complexity index is 817. The molecule has 0 spiro atoms. The molecule has 0 radical (unpaired) electrons. The van der Waals surface area contributed by atoms with E-state index in [1.165, 1.54) is 21.8 Å². The second-order valence-corrected chi connectivity index (χ2v) is 8.40. The van der Waals surface area contributed by atoms with Gasteiger partial charge in [-0.05, 0) is 61.4 Å². The van der Waals surface area contributed by atoms with Crippen LogP contribution in [0.3, 0.4) is 0 Å². The zero-order chi connectivity index (χ0) is 18.7. The number of rotatable bonds is 5. The molecule has 3 rings (SSSR count). The van der Waals surface area contributed by atoms with Crippen molar-refractivity contribution in [1.82, 2.24) is 5.32 Å². The SMILES string of the molecule is C[C@@H]1CCc2sc(C(=O)OCC(=O)N[C@@H](C)c3cccc(Cl)c3)cc2C1. The Kier molecular flexibility index (Phi) is 5.99. The smallest absolute Gasteiger partial charge is 0.348 e. The van der Waals surface area contributed by atoms with Crippen molar-refractivity contribution in [2.45, 2.75) is 39.2 Å². The standard InChI is InChI=1S/C20H22ClNO3S/c1-12-6-7-17-15(8-12)10-18(26-17)20(24)25-11-19(23)22-13(2)14-4-3-5-16(21)9-14/h3-5,9-10,12-13H,6-8,11H2,1-2H3,(H,22,23)/t12-,13+/m1/s1. The summed E-state index contributed by atoms with van der Waals surface area (Å²) in [4.78, 5) is 26.2. The summed E-state index contributed by atoms with van der Waals surface area (Å²) in [6.07, 6.45) is 3.19. The van der Waals surface area contributed by atoms with Gasteiger partial charge < -0.3 is 10.1 Å². The summed E-state index contributed by atoms with van der Waals surface area (Å²) in [6, 6.07) is 9.01. The van der Waals surface area contributed by atoms with Crippen molar-refractivity contribution < 1.29 is 14.3 Å². The van der Waals surface area contributed by atoms with E-state index in [4.69, 9.17) is 16.3 Å². The van der Waals surface area contributed by atoms with Crippen molar-refractivity contribution in [2.24, 2.45) is 5.92 Å². The van der Waals surface area contributed by atoms with E-state index in [1.807, 2.05) is 25.1 Å². The zero-order valence-corrected chi connectivity index (χ0v) is 16.5. The van der Waals surface area contributed by atoms with Gasteiger partial charge in [0.2, 0.25) is 0 Å². The average Bonchev–Trinajstić information content (AvgIpc) is 3.02. The van der Waals surface area contributed by atoms with Gasteiger partial charge in [0.25, 0.3) is 5.91 Å². The van der Waals surface area contributed by atoms with Crippen LogP contribution in [-0.2, 0) is 22.4 Å². The molecule has 0 bridgehead atoms. The minimum atomic E-state index is -0.428. The summed E-state index contributed by atoms with van der Waals surface area (Å²) < 4.78 is 5.19. The Hall–Kier alpha value is -1.85. The molecule has 1 amide bonds. The number of halogens is 1. The van der Waals surface area contributed by atoms with Crippen LogP contribution in [0.5, 0.6) is 0 Å². The first-order chi connectivity index (χ1) is 12.4. The Morgan fingerprint density at radius 1 is 1.38 bits per heavy atom. The van der Waals surface area contributed by atoms with E-state index in [0.29, 0.717) is 15.8 Å². The predicted octanol–water partition coefficient (Wildman–Crippen LogP) is 4.56. The van der Waals surface area contributed by atoms with Gasteiger partial charge in [0.15, 0.2) is 6.61 Å². The number of benzene rings is 1. The van der Waals surface area contributed by atoms with Crippen LogP contribution in [0.4, 0.5) is 0 Å². The highest BCUT2D eigenvalue weighted by atomic mass is 35.5. The number of fused-ring (bicyclic) bond motifs is 1. The van der Waals surface area contributed by atoms with Crippen LogP contribution >= 0.6 is 22.9 Å². The number of esters is 1.